The number of para-hydroxylation sites is 1. The molecular formula is C23H16F2N2O2. The van der Waals surface area contributed by atoms with Crippen LogP contribution in [0.5, 0.6) is 0 Å². The second-order valence-corrected chi connectivity index (χ2v) is 6.53. The smallest absolute Gasteiger partial charge is 0.282 e. The van der Waals surface area contributed by atoms with E-state index in [0.29, 0.717) is 16.2 Å². The summed E-state index contributed by atoms with van der Waals surface area (Å²) in [4.78, 5) is 28.8. The van der Waals surface area contributed by atoms with Crippen LogP contribution in [0.15, 0.2) is 84.6 Å². The summed E-state index contributed by atoms with van der Waals surface area (Å²) in [5.74, 6) is -3.02. The van der Waals surface area contributed by atoms with Gasteiger partial charge < -0.3 is 4.90 Å². The zero-order valence-corrected chi connectivity index (χ0v) is 15.5. The van der Waals surface area contributed by atoms with Crippen LogP contribution in [-0.4, -0.2) is 18.9 Å². The third-order valence-electron chi connectivity index (χ3n) is 4.75. The molecular weight excluding hydrogens is 374 g/mol. The predicted octanol–water partition coefficient (Wildman–Crippen LogP) is 4.39. The Labute approximate surface area is 166 Å². The van der Waals surface area contributed by atoms with Crippen LogP contribution in [0, 0.1) is 11.6 Å². The molecule has 0 radical (unpaired) electrons. The van der Waals surface area contributed by atoms with Gasteiger partial charge in [0.1, 0.15) is 17.3 Å². The quantitative estimate of drug-likeness (QED) is 0.621. The molecule has 0 aliphatic carbocycles. The van der Waals surface area contributed by atoms with Gasteiger partial charge in [0.05, 0.1) is 11.3 Å². The van der Waals surface area contributed by atoms with Crippen LogP contribution in [0.1, 0.15) is 5.56 Å². The van der Waals surface area contributed by atoms with Crippen molar-refractivity contribution in [3.63, 3.8) is 0 Å². The van der Waals surface area contributed by atoms with Crippen molar-refractivity contribution >= 4 is 28.8 Å². The van der Waals surface area contributed by atoms with E-state index in [2.05, 4.69) is 0 Å². The molecule has 6 heteroatoms. The van der Waals surface area contributed by atoms with E-state index in [-0.39, 0.29) is 11.3 Å². The molecule has 4 nitrogen and oxygen atoms in total. The Morgan fingerprint density at radius 3 is 2.07 bits per heavy atom. The van der Waals surface area contributed by atoms with Crippen molar-refractivity contribution in [3.05, 3.63) is 102 Å². The van der Waals surface area contributed by atoms with Gasteiger partial charge >= 0.3 is 0 Å². The van der Waals surface area contributed by atoms with E-state index >= 15 is 0 Å². The molecule has 1 heterocycles. The minimum absolute atomic E-state index is 0.0936. The molecule has 3 aromatic rings. The van der Waals surface area contributed by atoms with Gasteiger partial charge in [0.2, 0.25) is 0 Å². The zero-order chi connectivity index (χ0) is 20.5. The first kappa shape index (κ1) is 18.6. The van der Waals surface area contributed by atoms with E-state index in [1.807, 2.05) is 6.07 Å². The van der Waals surface area contributed by atoms with Crippen molar-refractivity contribution in [3.8, 4) is 0 Å². The molecule has 1 aliphatic rings. The number of rotatable bonds is 4. The van der Waals surface area contributed by atoms with Crippen LogP contribution in [0.4, 0.5) is 20.2 Å². The predicted molar refractivity (Wildman–Crippen MR) is 107 cm³/mol. The maximum absolute atomic E-state index is 14.4. The van der Waals surface area contributed by atoms with Crippen LogP contribution < -0.4 is 9.80 Å². The highest BCUT2D eigenvalue weighted by Gasteiger charge is 2.43. The minimum atomic E-state index is -0.857. The molecule has 0 atom stereocenters. The fraction of sp³-hybridized carbons (Fsp3) is 0.0435. The largest absolute Gasteiger partial charge is 0.339 e. The van der Waals surface area contributed by atoms with Gasteiger partial charge in [-0.15, -0.1) is 0 Å². The number of hydrogen-bond acceptors (Lipinski definition) is 3. The number of hydrogen-bond donors (Lipinski definition) is 0. The van der Waals surface area contributed by atoms with E-state index in [1.54, 1.807) is 66.5 Å². The van der Waals surface area contributed by atoms with Gasteiger partial charge in [-0.25, -0.2) is 13.7 Å². The fourth-order valence-electron chi connectivity index (χ4n) is 3.35. The second kappa shape index (κ2) is 7.31. The molecule has 0 aromatic heterocycles. The number of likely N-dealkylation sites (N-methyl/N-ethyl adjacent to an activating group) is 1. The lowest BCUT2D eigenvalue weighted by Gasteiger charge is -2.21. The van der Waals surface area contributed by atoms with Crippen molar-refractivity contribution in [1.29, 1.82) is 0 Å². The number of imide groups is 1. The summed E-state index contributed by atoms with van der Waals surface area (Å²) < 4.78 is 28.2. The number of carbonyl (C=O) groups is 2. The van der Waals surface area contributed by atoms with Crippen LogP contribution in [0.2, 0.25) is 0 Å². The van der Waals surface area contributed by atoms with Crippen molar-refractivity contribution in [2.45, 2.75) is 0 Å². The number of carbonyl (C=O) groups excluding carboxylic acids is 2. The molecule has 0 saturated carbocycles. The minimum Gasteiger partial charge on any atom is -0.339 e. The van der Waals surface area contributed by atoms with Crippen molar-refractivity contribution in [1.82, 2.24) is 0 Å². The first-order valence-electron chi connectivity index (χ1n) is 8.91. The summed E-state index contributed by atoms with van der Waals surface area (Å²) in [6.45, 7) is 0. The Hall–Kier alpha value is -3.80. The van der Waals surface area contributed by atoms with Crippen molar-refractivity contribution in [2.75, 3.05) is 16.8 Å². The fourth-order valence-corrected chi connectivity index (χ4v) is 3.35. The summed E-state index contributed by atoms with van der Waals surface area (Å²) in [7, 11) is 1.66. The molecule has 29 heavy (non-hydrogen) atoms. The first-order valence-corrected chi connectivity index (χ1v) is 8.91. The number of halogens is 2. The van der Waals surface area contributed by atoms with Crippen LogP contribution in [0.3, 0.4) is 0 Å². The van der Waals surface area contributed by atoms with E-state index in [9.17, 15) is 18.4 Å². The van der Waals surface area contributed by atoms with Gasteiger partial charge in [0.15, 0.2) is 0 Å². The molecule has 4 rings (SSSR count). The maximum atomic E-state index is 14.4. The van der Waals surface area contributed by atoms with Gasteiger partial charge in [-0.05, 0) is 29.8 Å². The van der Waals surface area contributed by atoms with Gasteiger partial charge in [-0.1, -0.05) is 48.5 Å². The number of anilines is 2. The van der Waals surface area contributed by atoms with Gasteiger partial charge in [-0.2, -0.15) is 0 Å². The zero-order valence-electron chi connectivity index (χ0n) is 15.5. The highest BCUT2D eigenvalue weighted by Crippen LogP contribution is 2.37. The molecule has 1 aliphatic heterocycles. The maximum Gasteiger partial charge on any atom is 0.282 e. The van der Waals surface area contributed by atoms with Crippen molar-refractivity contribution in [2.24, 2.45) is 0 Å². The Morgan fingerprint density at radius 2 is 1.41 bits per heavy atom. The Balaban J connectivity index is 1.90. The summed E-state index contributed by atoms with van der Waals surface area (Å²) in [5.41, 5.74) is 1.01. The molecule has 2 amide bonds. The number of amides is 2. The van der Waals surface area contributed by atoms with Gasteiger partial charge in [-0.3, -0.25) is 9.59 Å². The molecule has 0 N–H and O–H groups in total. The number of benzene rings is 3. The lowest BCUT2D eigenvalue weighted by atomic mass is 10.0. The summed E-state index contributed by atoms with van der Waals surface area (Å²) in [5, 5.41) is 0. The molecule has 0 spiro atoms. The Kier molecular flexibility index (Phi) is 4.68. The average molecular weight is 390 g/mol. The highest BCUT2D eigenvalue weighted by molar-refractivity contribution is 6.46. The summed E-state index contributed by atoms with van der Waals surface area (Å²) >= 11 is 0. The SMILES string of the molecule is CN(C1=C(c2ccccc2)C(=O)N(c2cc(F)ccc2F)C1=O)c1ccccc1. The normalized spacial score (nSPS) is 14.0. The van der Waals surface area contributed by atoms with Crippen molar-refractivity contribution < 1.29 is 18.4 Å². The molecule has 3 aromatic carbocycles. The first-order chi connectivity index (χ1) is 14.0. The third-order valence-corrected chi connectivity index (χ3v) is 4.75. The lowest BCUT2D eigenvalue weighted by Crippen LogP contribution is -2.35. The topological polar surface area (TPSA) is 40.6 Å². The Bertz CT molecular complexity index is 1130. The summed E-state index contributed by atoms with van der Waals surface area (Å²) in [6, 6.07) is 20.4. The van der Waals surface area contributed by atoms with E-state index in [0.717, 1.165) is 18.2 Å². The van der Waals surface area contributed by atoms with Gasteiger partial charge in [0.25, 0.3) is 11.8 Å². The van der Waals surface area contributed by atoms with Crippen LogP contribution >= 0.6 is 0 Å². The molecule has 0 unspecified atom stereocenters. The Morgan fingerprint density at radius 1 is 0.793 bits per heavy atom. The molecule has 0 bridgehead atoms. The van der Waals surface area contributed by atoms with Crippen LogP contribution in [-0.2, 0) is 9.59 Å². The third kappa shape index (κ3) is 3.18. The second-order valence-electron chi connectivity index (χ2n) is 6.53. The molecule has 0 saturated heterocycles. The summed E-state index contributed by atoms with van der Waals surface area (Å²) in [6.07, 6.45) is 0. The average Bonchev–Trinajstić information content (AvgIpc) is 3.00. The monoisotopic (exact) mass is 390 g/mol. The number of nitrogens with zero attached hydrogens (tertiary/aromatic N) is 2. The van der Waals surface area contributed by atoms with E-state index < -0.39 is 29.1 Å². The van der Waals surface area contributed by atoms with E-state index in [1.165, 1.54) is 0 Å². The molecule has 0 fully saturated rings. The van der Waals surface area contributed by atoms with Gasteiger partial charge in [0, 0.05) is 18.8 Å². The van der Waals surface area contributed by atoms with E-state index in [4.69, 9.17) is 0 Å². The lowest BCUT2D eigenvalue weighted by molar-refractivity contribution is -0.120. The van der Waals surface area contributed by atoms with Crippen LogP contribution in [0.25, 0.3) is 5.57 Å². The highest BCUT2D eigenvalue weighted by atomic mass is 19.1. The standard InChI is InChI=1S/C23H16F2N2O2/c1-26(17-10-6-3-7-11-17)21-20(15-8-4-2-5-9-15)22(28)27(23(21)29)19-14-16(24)12-13-18(19)25/h2-14H,1H3. The molecule has 144 valence electrons.